The first kappa shape index (κ1) is 8.73. The average Bonchev–Trinajstić information content (AvgIpc) is 2.83. The summed E-state index contributed by atoms with van der Waals surface area (Å²) in [5, 5.41) is 3.19. The van der Waals surface area contributed by atoms with Crippen molar-refractivity contribution in [1.82, 2.24) is 5.32 Å². The molecule has 1 aliphatic heterocycles. The maximum atomic E-state index is 5.71. The van der Waals surface area contributed by atoms with E-state index in [0.717, 1.165) is 0 Å². The molecule has 1 aromatic rings. The molecule has 0 aliphatic carbocycles. The molecule has 0 spiro atoms. The van der Waals surface area contributed by atoms with Crippen molar-refractivity contribution in [2.24, 2.45) is 5.73 Å². The van der Waals surface area contributed by atoms with E-state index in [2.05, 4.69) is 43.4 Å². The summed E-state index contributed by atoms with van der Waals surface area (Å²) < 4.78 is 0. The molecule has 1 saturated heterocycles. The molecule has 1 fully saturated rings. The molecule has 13 heavy (non-hydrogen) atoms. The molecule has 0 radical (unpaired) electrons. The zero-order valence-electron chi connectivity index (χ0n) is 8.12. The normalized spacial score (nSPS) is 26.5. The second kappa shape index (κ2) is 3.13. The maximum absolute atomic E-state index is 5.71. The molecule has 70 valence electrons. The molecule has 2 rings (SSSR count). The van der Waals surface area contributed by atoms with Gasteiger partial charge < -0.3 is 5.73 Å². The van der Waals surface area contributed by atoms with Crippen LogP contribution in [-0.4, -0.2) is 6.17 Å². The summed E-state index contributed by atoms with van der Waals surface area (Å²) in [6, 6.07) is 9.05. The topological polar surface area (TPSA) is 48.0 Å². The van der Waals surface area contributed by atoms with Crippen molar-refractivity contribution in [2.75, 3.05) is 0 Å². The number of benzene rings is 1. The fraction of sp³-hybridized carbons (Fsp3) is 0.455. The van der Waals surface area contributed by atoms with Gasteiger partial charge in [0.05, 0.1) is 12.2 Å². The van der Waals surface area contributed by atoms with Gasteiger partial charge in [-0.2, -0.15) is 0 Å². The summed E-state index contributed by atoms with van der Waals surface area (Å²) in [5.74, 6) is 0.593. The highest BCUT2D eigenvalue weighted by molar-refractivity contribution is 5.31. The minimum absolute atomic E-state index is 0.169. The molecule has 1 heterocycles. The number of hydrogen-bond acceptors (Lipinski definition) is 2. The Morgan fingerprint density at radius 1 is 1.38 bits per heavy atom. The van der Waals surface area contributed by atoms with E-state index in [4.69, 9.17) is 5.73 Å². The van der Waals surface area contributed by atoms with Gasteiger partial charge in [-0.25, -0.2) is 0 Å². The van der Waals surface area contributed by atoms with Crippen molar-refractivity contribution < 1.29 is 0 Å². The van der Waals surface area contributed by atoms with Gasteiger partial charge in [0.1, 0.15) is 0 Å². The summed E-state index contributed by atoms with van der Waals surface area (Å²) in [4.78, 5) is 0. The van der Waals surface area contributed by atoms with Crippen LogP contribution in [0.2, 0.25) is 0 Å². The molecule has 2 unspecified atom stereocenters. The van der Waals surface area contributed by atoms with E-state index >= 15 is 0 Å². The van der Waals surface area contributed by atoms with Crippen LogP contribution in [0.25, 0.3) is 0 Å². The van der Waals surface area contributed by atoms with Crippen molar-refractivity contribution in [1.29, 1.82) is 0 Å². The predicted molar refractivity (Wildman–Crippen MR) is 54.4 cm³/mol. The Labute approximate surface area is 79.1 Å². The molecule has 2 heteroatoms. The van der Waals surface area contributed by atoms with Gasteiger partial charge in [0.25, 0.3) is 0 Å². The van der Waals surface area contributed by atoms with E-state index in [1.165, 1.54) is 11.1 Å². The van der Waals surface area contributed by atoms with E-state index in [1.54, 1.807) is 0 Å². The molecule has 0 saturated carbocycles. The summed E-state index contributed by atoms with van der Waals surface area (Å²) in [6.07, 6.45) is 0.169. The van der Waals surface area contributed by atoms with Crippen LogP contribution in [0.4, 0.5) is 0 Å². The van der Waals surface area contributed by atoms with Crippen molar-refractivity contribution in [2.45, 2.75) is 32.0 Å². The van der Waals surface area contributed by atoms with Gasteiger partial charge >= 0.3 is 0 Å². The highest BCUT2D eigenvalue weighted by Gasteiger charge is 2.33. The SMILES string of the molecule is CC(C)c1cccc(C2NC2N)c1. The lowest BCUT2D eigenvalue weighted by atomic mass is 9.99. The molecule has 1 aliphatic rings. The van der Waals surface area contributed by atoms with E-state index in [9.17, 15) is 0 Å². The summed E-state index contributed by atoms with van der Waals surface area (Å²) in [5.41, 5.74) is 8.42. The Balaban J connectivity index is 2.23. The Bertz CT molecular complexity index is 307. The highest BCUT2D eigenvalue weighted by atomic mass is 15.2. The number of nitrogens with two attached hydrogens (primary N) is 1. The zero-order chi connectivity index (χ0) is 9.42. The zero-order valence-corrected chi connectivity index (χ0v) is 8.12. The summed E-state index contributed by atoms with van der Waals surface area (Å²) in [7, 11) is 0. The maximum Gasteiger partial charge on any atom is 0.0753 e. The van der Waals surface area contributed by atoms with Crippen LogP contribution in [-0.2, 0) is 0 Å². The fourth-order valence-corrected chi connectivity index (χ4v) is 1.57. The molecule has 2 nitrogen and oxygen atoms in total. The first-order chi connectivity index (χ1) is 6.18. The van der Waals surface area contributed by atoms with Gasteiger partial charge in [-0.3, -0.25) is 5.32 Å². The van der Waals surface area contributed by atoms with Gasteiger partial charge in [0, 0.05) is 0 Å². The molecular formula is C11H16N2. The Hall–Kier alpha value is -0.860. The van der Waals surface area contributed by atoms with E-state index in [0.29, 0.717) is 12.0 Å². The Morgan fingerprint density at radius 2 is 2.08 bits per heavy atom. The summed E-state index contributed by atoms with van der Waals surface area (Å²) >= 11 is 0. The van der Waals surface area contributed by atoms with Crippen molar-refractivity contribution in [3.8, 4) is 0 Å². The van der Waals surface area contributed by atoms with Crippen LogP contribution in [0, 0.1) is 0 Å². The second-order valence-electron chi connectivity index (χ2n) is 3.99. The lowest BCUT2D eigenvalue weighted by Gasteiger charge is -2.06. The molecule has 3 N–H and O–H groups in total. The molecular weight excluding hydrogens is 160 g/mol. The third kappa shape index (κ3) is 1.74. The Morgan fingerprint density at radius 3 is 2.62 bits per heavy atom. The van der Waals surface area contributed by atoms with E-state index in [1.807, 2.05) is 0 Å². The lowest BCUT2D eigenvalue weighted by molar-refractivity contribution is 0.859. The van der Waals surface area contributed by atoms with Crippen molar-refractivity contribution >= 4 is 0 Å². The van der Waals surface area contributed by atoms with Crippen LogP contribution in [0.1, 0.15) is 36.9 Å². The number of nitrogens with one attached hydrogen (secondary N) is 1. The standard InChI is InChI=1S/C11H16N2/c1-7(2)8-4-3-5-9(6-8)10-11(12)13-10/h3-7,10-11,13H,12H2,1-2H3. The van der Waals surface area contributed by atoms with Gasteiger partial charge in [-0.15, -0.1) is 0 Å². The quantitative estimate of drug-likeness (QED) is 0.674. The monoisotopic (exact) mass is 176 g/mol. The van der Waals surface area contributed by atoms with Crippen molar-refractivity contribution in [3.05, 3.63) is 35.4 Å². The van der Waals surface area contributed by atoms with Gasteiger partial charge in [-0.05, 0) is 17.0 Å². The van der Waals surface area contributed by atoms with Crippen LogP contribution in [0.15, 0.2) is 24.3 Å². The molecule has 0 aromatic heterocycles. The van der Waals surface area contributed by atoms with Crippen LogP contribution >= 0.6 is 0 Å². The van der Waals surface area contributed by atoms with Crippen LogP contribution < -0.4 is 11.1 Å². The number of hydrogen-bond donors (Lipinski definition) is 2. The van der Waals surface area contributed by atoms with Crippen molar-refractivity contribution in [3.63, 3.8) is 0 Å². The third-order valence-electron chi connectivity index (χ3n) is 2.56. The smallest absolute Gasteiger partial charge is 0.0753 e. The first-order valence-electron chi connectivity index (χ1n) is 4.80. The third-order valence-corrected chi connectivity index (χ3v) is 2.56. The van der Waals surface area contributed by atoms with Gasteiger partial charge in [0.2, 0.25) is 0 Å². The van der Waals surface area contributed by atoms with Crippen LogP contribution in [0.5, 0.6) is 0 Å². The second-order valence-corrected chi connectivity index (χ2v) is 3.99. The highest BCUT2D eigenvalue weighted by Crippen LogP contribution is 2.28. The minimum atomic E-state index is 0.169. The van der Waals surface area contributed by atoms with E-state index in [-0.39, 0.29) is 6.17 Å². The molecule has 0 amide bonds. The number of rotatable bonds is 2. The molecule has 0 bridgehead atoms. The Kier molecular flexibility index (Phi) is 2.10. The largest absolute Gasteiger partial charge is 0.314 e. The van der Waals surface area contributed by atoms with Gasteiger partial charge in [-0.1, -0.05) is 38.1 Å². The predicted octanol–water partition coefficient (Wildman–Crippen LogP) is 1.74. The molecule has 1 aromatic carbocycles. The van der Waals surface area contributed by atoms with Gasteiger partial charge in [0.15, 0.2) is 0 Å². The minimum Gasteiger partial charge on any atom is -0.314 e. The average molecular weight is 176 g/mol. The fourth-order valence-electron chi connectivity index (χ4n) is 1.57. The van der Waals surface area contributed by atoms with Crippen LogP contribution in [0.3, 0.4) is 0 Å². The first-order valence-corrected chi connectivity index (χ1v) is 4.80. The lowest BCUT2D eigenvalue weighted by Crippen LogP contribution is -2.04. The molecule has 2 atom stereocenters. The van der Waals surface area contributed by atoms with E-state index < -0.39 is 0 Å². The summed E-state index contributed by atoms with van der Waals surface area (Å²) in [6.45, 7) is 4.42.